The number of halogens is 1. The number of nitrogens with one attached hydrogen (secondary N) is 2. The monoisotopic (exact) mass is 350 g/mol. The lowest BCUT2D eigenvalue weighted by molar-refractivity contribution is 0.359. The van der Waals surface area contributed by atoms with Gasteiger partial charge in [0, 0.05) is 18.2 Å². The molecular formula is C14H23ClN2O4S. The molecule has 0 aromatic heterocycles. The van der Waals surface area contributed by atoms with Crippen LogP contribution in [0.1, 0.15) is 19.8 Å². The van der Waals surface area contributed by atoms with Crippen LogP contribution in [-0.2, 0) is 10.0 Å². The van der Waals surface area contributed by atoms with Crippen LogP contribution in [0.25, 0.3) is 0 Å². The smallest absolute Gasteiger partial charge is 0.244 e. The van der Waals surface area contributed by atoms with Crippen LogP contribution in [0.4, 0.5) is 0 Å². The van der Waals surface area contributed by atoms with E-state index in [-0.39, 0.29) is 23.3 Å². The Balaban J connectivity index is 0.00000242. The molecule has 8 heteroatoms. The van der Waals surface area contributed by atoms with Gasteiger partial charge in [0.1, 0.15) is 16.4 Å². The molecule has 0 radical (unpaired) electrons. The van der Waals surface area contributed by atoms with Crippen molar-refractivity contribution in [3.63, 3.8) is 0 Å². The normalized spacial score (nSPS) is 21.8. The highest BCUT2D eigenvalue weighted by atomic mass is 35.5. The van der Waals surface area contributed by atoms with Gasteiger partial charge < -0.3 is 14.8 Å². The Kier molecular flexibility index (Phi) is 6.93. The van der Waals surface area contributed by atoms with Crippen LogP contribution in [0.3, 0.4) is 0 Å². The van der Waals surface area contributed by atoms with Crippen molar-refractivity contribution in [2.45, 2.75) is 36.7 Å². The third kappa shape index (κ3) is 4.49. The first kappa shape index (κ1) is 19.0. The number of methoxy groups -OCH3 is 2. The van der Waals surface area contributed by atoms with Crippen molar-refractivity contribution in [2.75, 3.05) is 20.8 Å². The lowest BCUT2D eigenvalue weighted by Crippen LogP contribution is -2.46. The van der Waals surface area contributed by atoms with Crippen LogP contribution in [0.15, 0.2) is 23.1 Å². The summed E-state index contributed by atoms with van der Waals surface area (Å²) in [6.45, 7) is 2.86. The van der Waals surface area contributed by atoms with E-state index >= 15 is 0 Å². The topological polar surface area (TPSA) is 76.7 Å². The maximum atomic E-state index is 12.6. The van der Waals surface area contributed by atoms with E-state index < -0.39 is 10.0 Å². The molecule has 2 unspecified atom stereocenters. The van der Waals surface area contributed by atoms with Crippen molar-refractivity contribution in [3.05, 3.63) is 18.2 Å². The highest BCUT2D eigenvalue weighted by Gasteiger charge is 2.27. The number of sulfonamides is 1. The average molecular weight is 351 g/mol. The summed E-state index contributed by atoms with van der Waals surface area (Å²) in [5.41, 5.74) is 0. The van der Waals surface area contributed by atoms with E-state index in [1.165, 1.54) is 20.3 Å². The number of hydrogen-bond donors (Lipinski definition) is 2. The lowest BCUT2D eigenvalue weighted by atomic mass is 10.0. The fourth-order valence-corrected chi connectivity index (χ4v) is 3.98. The third-order valence-electron chi connectivity index (χ3n) is 3.61. The molecule has 2 atom stereocenters. The first-order valence-electron chi connectivity index (χ1n) is 6.94. The maximum Gasteiger partial charge on any atom is 0.244 e. The minimum atomic E-state index is -3.64. The number of hydrogen-bond acceptors (Lipinski definition) is 5. The van der Waals surface area contributed by atoms with Crippen molar-refractivity contribution in [1.29, 1.82) is 0 Å². The van der Waals surface area contributed by atoms with E-state index in [2.05, 4.69) is 10.0 Å². The van der Waals surface area contributed by atoms with E-state index in [9.17, 15) is 8.42 Å². The van der Waals surface area contributed by atoms with Gasteiger partial charge in [0.25, 0.3) is 0 Å². The molecule has 0 amide bonds. The number of piperidine rings is 1. The van der Waals surface area contributed by atoms with Crippen LogP contribution in [-0.4, -0.2) is 41.3 Å². The van der Waals surface area contributed by atoms with Crippen molar-refractivity contribution in [2.24, 2.45) is 0 Å². The summed E-state index contributed by atoms with van der Waals surface area (Å²) >= 11 is 0. The van der Waals surface area contributed by atoms with Gasteiger partial charge >= 0.3 is 0 Å². The Hall–Kier alpha value is -1.02. The molecule has 2 rings (SSSR count). The molecule has 22 heavy (non-hydrogen) atoms. The molecule has 2 N–H and O–H groups in total. The van der Waals surface area contributed by atoms with Gasteiger partial charge in [0.15, 0.2) is 0 Å². The molecule has 0 spiro atoms. The Morgan fingerprint density at radius 3 is 2.59 bits per heavy atom. The molecule has 1 aromatic rings. The van der Waals surface area contributed by atoms with Crippen molar-refractivity contribution in [1.82, 2.24) is 10.0 Å². The summed E-state index contributed by atoms with van der Waals surface area (Å²) in [4.78, 5) is 0.107. The Bertz CT molecular complexity index is 595. The van der Waals surface area contributed by atoms with E-state index in [4.69, 9.17) is 9.47 Å². The number of rotatable bonds is 5. The van der Waals surface area contributed by atoms with E-state index in [0.717, 1.165) is 19.4 Å². The van der Waals surface area contributed by atoms with E-state index in [0.29, 0.717) is 17.5 Å². The summed E-state index contributed by atoms with van der Waals surface area (Å²) in [7, 11) is -0.690. The Morgan fingerprint density at radius 1 is 1.27 bits per heavy atom. The fraction of sp³-hybridized carbons (Fsp3) is 0.571. The van der Waals surface area contributed by atoms with Crippen molar-refractivity contribution in [3.8, 4) is 11.5 Å². The first-order valence-corrected chi connectivity index (χ1v) is 8.42. The Labute approximate surface area is 138 Å². The summed E-state index contributed by atoms with van der Waals surface area (Å²) in [6, 6.07) is 4.98. The van der Waals surface area contributed by atoms with Gasteiger partial charge in [-0.25, -0.2) is 13.1 Å². The van der Waals surface area contributed by atoms with Crippen molar-refractivity contribution < 1.29 is 17.9 Å². The van der Waals surface area contributed by atoms with Gasteiger partial charge in [-0.15, -0.1) is 12.4 Å². The minimum absolute atomic E-state index is 0. The molecule has 1 fully saturated rings. The van der Waals surface area contributed by atoms with Crippen LogP contribution < -0.4 is 19.5 Å². The summed E-state index contributed by atoms with van der Waals surface area (Å²) in [6.07, 6.45) is 1.54. The quantitative estimate of drug-likeness (QED) is 0.842. The van der Waals surface area contributed by atoms with Gasteiger partial charge in [-0.05, 0) is 38.4 Å². The van der Waals surface area contributed by atoms with Crippen LogP contribution >= 0.6 is 12.4 Å². The molecule has 126 valence electrons. The molecule has 1 aliphatic heterocycles. The molecule has 0 saturated carbocycles. The fourth-order valence-electron chi connectivity index (χ4n) is 2.52. The number of ether oxygens (including phenoxy) is 2. The molecule has 1 aliphatic rings. The van der Waals surface area contributed by atoms with E-state index in [1.54, 1.807) is 12.1 Å². The maximum absolute atomic E-state index is 12.6. The highest BCUT2D eigenvalue weighted by molar-refractivity contribution is 7.89. The Morgan fingerprint density at radius 2 is 2.00 bits per heavy atom. The number of benzene rings is 1. The predicted molar refractivity (Wildman–Crippen MR) is 87.6 cm³/mol. The summed E-state index contributed by atoms with van der Waals surface area (Å²) < 4.78 is 38.2. The summed E-state index contributed by atoms with van der Waals surface area (Å²) in [5.74, 6) is 0.792. The lowest BCUT2D eigenvalue weighted by Gasteiger charge is -2.28. The minimum Gasteiger partial charge on any atom is -0.497 e. The second-order valence-corrected chi connectivity index (χ2v) is 6.90. The van der Waals surface area contributed by atoms with Crippen LogP contribution in [0.5, 0.6) is 11.5 Å². The van der Waals surface area contributed by atoms with Gasteiger partial charge in [0.05, 0.1) is 14.2 Å². The molecule has 1 heterocycles. The SMILES string of the molecule is COc1ccc(OC)c(S(=O)(=O)NC2CCNC(C)C2)c1.Cl. The van der Waals surface area contributed by atoms with Gasteiger partial charge in [-0.3, -0.25) is 0 Å². The van der Waals surface area contributed by atoms with Gasteiger partial charge in [0.2, 0.25) is 10.0 Å². The second-order valence-electron chi connectivity index (χ2n) is 5.21. The molecule has 0 bridgehead atoms. The van der Waals surface area contributed by atoms with Crippen LogP contribution in [0.2, 0.25) is 0 Å². The standard InChI is InChI=1S/C14H22N2O4S.ClH/c1-10-8-11(6-7-15-10)16-21(17,18)14-9-12(19-2)4-5-13(14)20-3;/h4-5,9-11,15-16H,6-8H2,1-3H3;1H. The predicted octanol–water partition coefficient (Wildman–Crippen LogP) is 1.54. The largest absolute Gasteiger partial charge is 0.497 e. The molecule has 0 aliphatic carbocycles. The first-order chi connectivity index (χ1) is 9.96. The molecule has 6 nitrogen and oxygen atoms in total. The highest BCUT2D eigenvalue weighted by Crippen LogP contribution is 2.28. The zero-order chi connectivity index (χ0) is 15.5. The zero-order valence-corrected chi connectivity index (χ0v) is 14.6. The zero-order valence-electron chi connectivity index (χ0n) is 13.0. The van der Waals surface area contributed by atoms with Gasteiger partial charge in [-0.2, -0.15) is 0 Å². The summed E-state index contributed by atoms with van der Waals surface area (Å²) in [5, 5.41) is 3.30. The second kappa shape index (κ2) is 8.01. The van der Waals surface area contributed by atoms with Crippen molar-refractivity contribution >= 4 is 22.4 Å². The average Bonchev–Trinajstić information content (AvgIpc) is 2.46. The molecule has 1 aromatic carbocycles. The van der Waals surface area contributed by atoms with Crippen LogP contribution in [0, 0.1) is 0 Å². The molecular weight excluding hydrogens is 328 g/mol. The van der Waals surface area contributed by atoms with E-state index in [1.807, 2.05) is 6.92 Å². The van der Waals surface area contributed by atoms with Gasteiger partial charge in [-0.1, -0.05) is 0 Å². The molecule has 1 saturated heterocycles. The third-order valence-corrected chi connectivity index (χ3v) is 5.15.